The fraction of sp³-hybridized carbons (Fsp3) is 0.500. The molecule has 1 saturated heterocycles. The Balaban J connectivity index is 0.000000587. The van der Waals surface area contributed by atoms with E-state index in [0.717, 1.165) is 30.1 Å². The molecule has 15 heteroatoms. The highest BCUT2D eigenvalue weighted by Gasteiger charge is 2.38. The van der Waals surface area contributed by atoms with Gasteiger partial charge in [-0.15, -0.1) is 10.2 Å². The van der Waals surface area contributed by atoms with E-state index in [-0.39, 0.29) is 23.4 Å². The van der Waals surface area contributed by atoms with Crippen LogP contribution in [0.2, 0.25) is 0 Å². The number of carbonyl (C=O) groups excluding carboxylic acids is 1. The molecule has 1 aromatic carbocycles. The Morgan fingerprint density at radius 1 is 1.12 bits per heavy atom. The van der Waals surface area contributed by atoms with Crippen LogP contribution in [0.5, 0.6) is 11.6 Å². The van der Waals surface area contributed by atoms with Gasteiger partial charge in [-0.05, 0) is 30.5 Å². The second-order valence-electron chi connectivity index (χ2n) is 10.0. The number of benzene rings is 1. The molecule has 0 atom stereocenters. The van der Waals surface area contributed by atoms with E-state index < -0.39 is 12.1 Å². The summed E-state index contributed by atoms with van der Waals surface area (Å²) in [5.41, 5.74) is 2.63. The topological polar surface area (TPSA) is 144 Å². The van der Waals surface area contributed by atoms with Crippen molar-refractivity contribution in [3.63, 3.8) is 0 Å². The minimum Gasteiger partial charge on any atom is -0.494 e. The number of ether oxygens (including phenoxy) is 3. The van der Waals surface area contributed by atoms with Crippen molar-refractivity contribution in [1.82, 2.24) is 19.4 Å². The van der Waals surface area contributed by atoms with Crippen LogP contribution in [0.4, 0.5) is 18.9 Å². The number of alkyl halides is 3. The highest BCUT2D eigenvalue weighted by Crippen LogP contribution is 2.40. The zero-order valence-electron chi connectivity index (χ0n) is 23.4. The first kappa shape index (κ1) is 31.4. The Labute approximate surface area is 233 Å². The van der Waals surface area contributed by atoms with Gasteiger partial charge in [0.15, 0.2) is 11.4 Å². The van der Waals surface area contributed by atoms with Crippen molar-refractivity contribution in [2.45, 2.75) is 45.8 Å². The Morgan fingerprint density at radius 3 is 2.29 bits per heavy atom. The van der Waals surface area contributed by atoms with E-state index in [4.69, 9.17) is 29.5 Å². The lowest BCUT2D eigenvalue weighted by Crippen LogP contribution is -2.37. The van der Waals surface area contributed by atoms with Gasteiger partial charge in [0.25, 0.3) is 0 Å². The summed E-state index contributed by atoms with van der Waals surface area (Å²) < 4.78 is 51.2. The Bertz CT molecular complexity index is 1450. The number of rotatable bonds is 7. The molecule has 4 rings (SSSR count). The van der Waals surface area contributed by atoms with Crippen LogP contribution in [-0.4, -0.2) is 82.4 Å². The number of hydrogen-bond acceptors (Lipinski definition) is 9. The van der Waals surface area contributed by atoms with Crippen molar-refractivity contribution in [2.75, 3.05) is 44.9 Å². The summed E-state index contributed by atoms with van der Waals surface area (Å²) in [6, 6.07) is 7.20. The molecule has 0 amide bonds. The van der Waals surface area contributed by atoms with Crippen LogP contribution in [0.15, 0.2) is 24.3 Å². The van der Waals surface area contributed by atoms with E-state index in [1.807, 2.05) is 19.1 Å². The molecule has 0 bridgehead atoms. The molecule has 2 N–H and O–H groups in total. The Kier molecular flexibility index (Phi) is 9.63. The van der Waals surface area contributed by atoms with Crippen LogP contribution in [0, 0.1) is 5.41 Å². The number of hydrogen-bond donors (Lipinski definition) is 2. The minimum atomic E-state index is -5.08. The summed E-state index contributed by atoms with van der Waals surface area (Å²) in [6.45, 7) is 11.3. The summed E-state index contributed by atoms with van der Waals surface area (Å²) in [7, 11) is 1.67. The largest absolute Gasteiger partial charge is 0.494 e. The molecule has 41 heavy (non-hydrogen) atoms. The predicted molar refractivity (Wildman–Crippen MR) is 141 cm³/mol. The first-order valence-corrected chi connectivity index (χ1v) is 12.7. The number of fused-ring (bicyclic) bond motifs is 1. The maximum Gasteiger partial charge on any atom is 0.490 e. The summed E-state index contributed by atoms with van der Waals surface area (Å²) >= 11 is 0. The average molecular weight is 583 g/mol. The number of nitrogens with one attached hydrogen (secondary N) is 1. The van der Waals surface area contributed by atoms with Crippen LogP contribution < -0.4 is 20.0 Å². The molecule has 1 aliphatic heterocycles. The number of nitrogens with zero attached hydrogens (tertiary/aromatic N) is 5. The van der Waals surface area contributed by atoms with Gasteiger partial charge in [0.1, 0.15) is 12.3 Å². The number of Topliss-reactive ketones (excluding diaryl/α,β-unsaturated/α-hetero) is 1. The number of anilines is 1. The highest BCUT2D eigenvalue weighted by atomic mass is 19.4. The number of carboxylic acid groups (broad SMARTS) is 1. The van der Waals surface area contributed by atoms with E-state index in [1.165, 1.54) is 9.20 Å². The molecule has 224 valence electrons. The van der Waals surface area contributed by atoms with Crippen molar-refractivity contribution in [1.29, 1.82) is 5.41 Å². The molecule has 0 spiro atoms. The minimum absolute atomic E-state index is 0.00265. The number of ketones is 1. The molecule has 0 saturated carbocycles. The summed E-state index contributed by atoms with van der Waals surface area (Å²) in [5.74, 6) is -1.72. The molecule has 0 aliphatic carbocycles. The molecule has 1 fully saturated rings. The number of methoxy groups -OCH3 is 1. The van der Waals surface area contributed by atoms with Gasteiger partial charge in [-0.3, -0.25) is 10.2 Å². The number of carbonyl (C=O) groups is 2. The van der Waals surface area contributed by atoms with Gasteiger partial charge in [0.05, 0.1) is 32.6 Å². The second-order valence-corrected chi connectivity index (χ2v) is 10.0. The lowest BCUT2D eigenvalue weighted by Gasteiger charge is -2.33. The molecule has 0 unspecified atom stereocenters. The van der Waals surface area contributed by atoms with E-state index in [0.29, 0.717) is 36.9 Å². The van der Waals surface area contributed by atoms with Crippen molar-refractivity contribution in [3.8, 4) is 11.6 Å². The maximum atomic E-state index is 13.4. The molecule has 3 aromatic rings. The molecule has 1 aliphatic rings. The Morgan fingerprint density at radius 2 is 1.76 bits per heavy atom. The number of morpholine rings is 1. The standard InChI is InChI=1S/C24H32N6O4.C2HF3O2/c1-6-34-21-8-7-20-26-29(23(25)30(20)27-21)15-19(31)16-13-17(24(2,3)4)22(32-5)18(14-16)28-9-11-33-12-10-28;3-2(4,5)1(6)7/h7-8,13-14,25H,6,9-12,15H2,1-5H3;(H,6,7). The van der Waals surface area contributed by atoms with Crippen LogP contribution in [-0.2, 0) is 21.5 Å². The predicted octanol–water partition coefficient (Wildman–Crippen LogP) is 3.07. The van der Waals surface area contributed by atoms with Gasteiger partial charge in [0, 0.05) is 30.3 Å². The fourth-order valence-electron chi connectivity index (χ4n) is 4.06. The normalized spacial score (nSPS) is 13.9. The monoisotopic (exact) mass is 582 g/mol. The van der Waals surface area contributed by atoms with Crippen molar-refractivity contribution >= 4 is 23.1 Å². The van der Waals surface area contributed by atoms with Gasteiger partial charge in [0.2, 0.25) is 11.5 Å². The van der Waals surface area contributed by atoms with Crippen molar-refractivity contribution in [2.24, 2.45) is 0 Å². The maximum absolute atomic E-state index is 13.4. The van der Waals surface area contributed by atoms with Crippen molar-refractivity contribution in [3.05, 3.63) is 41.0 Å². The second kappa shape index (κ2) is 12.6. The highest BCUT2D eigenvalue weighted by molar-refractivity contribution is 5.97. The van der Waals surface area contributed by atoms with Crippen LogP contribution >= 0.6 is 0 Å². The molecular formula is C26H33F3N6O6. The van der Waals surface area contributed by atoms with Gasteiger partial charge >= 0.3 is 12.1 Å². The summed E-state index contributed by atoms with van der Waals surface area (Å²) in [4.78, 5) is 24.5. The lowest BCUT2D eigenvalue weighted by molar-refractivity contribution is -0.192. The molecule has 3 heterocycles. The van der Waals surface area contributed by atoms with E-state index in [1.54, 1.807) is 19.2 Å². The number of carboxylic acids is 1. The summed E-state index contributed by atoms with van der Waals surface area (Å²) in [6.07, 6.45) is -5.08. The third-order valence-corrected chi connectivity index (χ3v) is 6.04. The zero-order valence-corrected chi connectivity index (χ0v) is 23.4. The lowest BCUT2D eigenvalue weighted by atomic mass is 9.84. The SMILES string of the molecule is CCOc1ccc2nn(CC(=O)c3cc(N4CCOCC4)c(OC)c(C(C)(C)C)c3)c(=N)n2n1.O=C(O)C(F)(F)F. The molecule has 0 radical (unpaired) electrons. The summed E-state index contributed by atoms with van der Waals surface area (Å²) in [5, 5.41) is 24.3. The van der Waals surface area contributed by atoms with Crippen LogP contribution in [0.25, 0.3) is 5.65 Å². The van der Waals surface area contributed by atoms with E-state index in [2.05, 4.69) is 35.9 Å². The molecule has 12 nitrogen and oxygen atoms in total. The fourth-order valence-corrected chi connectivity index (χ4v) is 4.06. The van der Waals surface area contributed by atoms with Gasteiger partial charge < -0.3 is 24.2 Å². The number of aliphatic carboxylic acids is 1. The third kappa shape index (κ3) is 7.54. The van der Waals surface area contributed by atoms with Crippen LogP contribution in [0.3, 0.4) is 0 Å². The molecular weight excluding hydrogens is 549 g/mol. The van der Waals surface area contributed by atoms with Crippen LogP contribution in [0.1, 0.15) is 43.6 Å². The quantitative estimate of drug-likeness (QED) is 0.402. The van der Waals surface area contributed by atoms with E-state index in [9.17, 15) is 18.0 Å². The first-order valence-electron chi connectivity index (χ1n) is 12.7. The van der Waals surface area contributed by atoms with Gasteiger partial charge in [-0.25, -0.2) is 9.48 Å². The zero-order chi connectivity index (χ0) is 30.5. The first-order chi connectivity index (χ1) is 19.2. The third-order valence-electron chi connectivity index (χ3n) is 6.04. The average Bonchev–Trinajstić information content (AvgIpc) is 3.22. The van der Waals surface area contributed by atoms with E-state index >= 15 is 0 Å². The van der Waals surface area contributed by atoms with Gasteiger partial charge in [-0.2, -0.15) is 17.7 Å². The Hall–Kier alpha value is -4.14. The molecule has 2 aromatic heterocycles. The van der Waals surface area contributed by atoms with Crippen molar-refractivity contribution < 1.29 is 42.1 Å². The number of aromatic nitrogens is 4. The van der Waals surface area contributed by atoms with Gasteiger partial charge in [-0.1, -0.05) is 20.8 Å². The smallest absolute Gasteiger partial charge is 0.490 e. The number of halogens is 3.